The Hall–Kier alpha value is -1.59. The molecule has 0 saturated carbocycles. The molecule has 0 atom stereocenters. The number of nitrogens with zero attached hydrogens (tertiary/aromatic N) is 2. The van der Waals surface area contributed by atoms with E-state index in [0.29, 0.717) is 12.1 Å². The number of aryl methyl sites for hydroxylation is 1. The third-order valence-corrected chi connectivity index (χ3v) is 2.14. The fourth-order valence-electron chi connectivity index (χ4n) is 1.40. The number of hydrogen-bond donors (Lipinski definition) is 1. The largest absolute Gasteiger partial charge is 0.417 e. The third-order valence-electron chi connectivity index (χ3n) is 2.14. The first-order valence-corrected chi connectivity index (χ1v) is 5.42. The molecular formula is C11H14F3N3. The summed E-state index contributed by atoms with van der Waals surface area (Å²) in [6.45, 7) is 5.75. The zero-order chi connectivity index (χ0) is 13.1. The topological polar surface area (TPSA) is 41.6 Å². The Kier molecular flexibility index (Phi) is 4.09. The molecule has 0 amide bonds. The lowest BCUT2D eigenvalue weighted by atomic mass is 10.1. The van der Waals surface area contributed by atoms with E-state index in [-0.39, 0.29) is 11.0 Å². The van der Waals surface area contributed by atoms with Gasteiger partial charge in [0.05, 0.1) is 17.1 Å². The number of alkyl halides is 3. The molecule has 2 rings (SSSR count). The van der Waals surface area contributed by atoms with Gasteiger partial charge in [0, 0.05) is 5.69 Å². The van der Waals surface area contributed by atoms with Gasteiger partial charge in [-0.25, -0.2) is 4.98 Å². The average Bonchev–Trinajstić information content (AvgIpc) is 2.76. The minimum absolute atomic E-state index is 0.0136. The Morgan fingerprint density at radius 3 is 2.47 bits per heavy atom. The highest BCUT2D eigenvalue weighted by molar-refractivity contribution is 5.78. The summed E-state index contributed by atoms with van der Waals surface area (Å²) in [6.07, 6.45) is -2.77. The molecule has 0 aliphatic carbocycles. The number of aromatic nitrogens is 3. The SMILES string of the molecule is CC.CCc1cc(C(F)(F)F)c2cn[nH]c2n1. The molecule has 0 radical (unpaired) electrons. The van der Waals surface area contributed by atoms with Crippen molar-refractivity contribution in [1.82, 2.24) is 15.2 Å². The van der Waals surface area contributed by atoms with E-state index in [0.717, 1.165) is 12.3 Å². The summed E-state index contributed by atoms with van der Waals surface area (Å²) >= 11 is 0. The summed E-state index contributed by atoms with van der Waals surface area (Å²) in [4.78, 5) is 4.01. The van der Waals surface area contributed by atoms with E-state index in [1.807, 2.05) is 13.8 Å². The van der Waals surface area contributed by atoms with Crippen molar-refractivity contribution in [3.8, 4) is 0 Å². The van der Waals surface area contributed by atoms with Gasteiger partial charge in [0.25, 0.3) is 0 Å². The van der Waals surface area contributed by atoms with Crippen LogP contribution in [0.4, 0.5) is 13.2 Å². The normalized spacial score (nSPS) is 11.2. The number of halogens is 3. The second-order valence-electron chi connectivity index (χ2n) is 3.14. The lowest BCUT2D eigenvalue weighted by molar-refractivity contribution is -0.136. The van der Waals surface area contributed by atoms with Crippen LogP contribution in [0.5, 0.6) is 0 Å². The van der Waals surface area contributed by atoms with Crippen molar-refractivity contribution in [3.63, 3.8) is 0 Å². The van der Waals surface area contributed by atoms with Gasteiger partial charge in [-0.3, -0.25) is 5.10 Å². The van der Waals surface area contributed by atoms with Gasteiger partial charge in [-0.05, 0) is 12.5 Å². The van der Waals surface area contributed by atoms with E-state index in [1.54, 1.807) is 6.92 Å². The zero-order valence-electron chi connectivity index (χ0n) is 9.89. The molecule has 2 heterocycles. The van der Waals surface area contributed by atoms with Gasteiger partial charge >= 0.3 is 6.18 Å². The Morgan fingerprint density at radius 2 is 1.94 bits per heavy atom. The van der Waals surface area contributed by atoms with Gasteiger partial charge in [-0.1, -0.05) is 20.8 Å². The van der Waals surface area contributed by atoms with E-state index >= 15 is 0 Å². The van der Waals surface area contributed by atoms with Crippen LogP contribution in [-0.4, -0.2) is 15.2 Å². The molecule has 0 spiro atoms. The van der Waals surface area contributed by atoms with Crippen molar-refractivity contribution in [2.75, 3.05) is 0 Å². The molecule has 6 heteroatoms. The molecular weight excluding hydrogens is 231 g/mol. The number of aromatic amines is 1. The zero-order valence-corrected chi connectivity index (χ0v) is 9.89. The van der Waals surface area contributed by atoms with Crippen LogP contribution in [0.25, 0.3) is 11.0 Å². The number of H-pyrrole nitrogens is 1. The monoisotopic (exact) mass is 245 g/mol. The van der Waals surface area contributed by atoms with Gasteiger partial charge in [0.15, 0.2) is 5.65 Å². The maximum atomic E-state index is 12.6. The predicted octanol–water partition coefficient (Wildman–Crippen LogP) is 3.57. The maximum Gasteiger partial charge on any atom is 0.417 e. The molecule has 0 bridgehead atoms. The van der Waals surface area contributed by atoms with Crippen LogP contribution in [0.3, 0.4) is 0 Å². The second kappa shape index (κ2) is 5.16. The predicted molar refractivity (Wildman–Crippen MR) is 59.6 cm³/mol. The summed E-state index contributed by atoms with van der Waals surface area (Å²) in [6, 6.07) is 1.07. The standard InChI is InChI=1S/C9H8F3N3.C2H6/c1-2-5-3-7(9(10,11)12)6-4-13-15-8(6)14-5;1-2/h3-4H,2H2,1H3,(H,13,14,15);1-2H3. The van der Waals surface area contributed by atoms with Gasteiger partial charge in [-0.15, -0.1) is 0 Å². The van der Waals surface area contributed by atoms with E-state index in [2.05, 4.69) is 15.2 Å². The number of pyridine rings is 1. The van der Waals surface area contributed by atoms with Crippen LogP contribution in [0, 0.1) is 0 Å². The molecule has 2 aromatic heterocycles. The molecule has 1 N–H and O–H groups in total. The van der Waals surface area contributed by atoms with Crippen molar-refractivity contribution in [2.24, 2.45) is 0 Å². The number of hydrogen-bond acceptors (Lipinski definition) is 2. The lowest BCUT2D eigenvalue weighted by Crippen LogP contribution is -2.07. The average molecular weight is 245 g/mol. The highest BCUT2D eigenvalue weighted by Crippen LogP contribution is 2.34. The first kappa shape index (κ1) is 13.5. The summed E-state index contributed by atoms with van der Waals surface area (Å²) in [5.41, 5.74) is -0.0983. The molecule has 3 nitrogen and oxygen atoms in total. The Bertz CT molecular complexity index is 488. The molecule has 0 aromatic carbocycles. The first-order chi connectivity index (χ1) is 8.02. The highest BCUT2D eigenvalue weighted by Gasteiger charge is 2.33. The van der Waals surface area contributed by atoms with Crippen molar-refractivity contribution in [2.45, 2.75) is 33.4 Å². The highest BCUT2D eigenvalue weighted by atomic mass is 19.4. The van der Waals surface area contributed by atoms with Crippen molar-refractivity contribution < 1.29 is 13.2 Å². The van der Waals surface area contributed by atoms with Gasteiger partial charge in [-0.2, -0.15) is 18.3 Å². The van der Waals surface area contributed by atoms with E-state index in [9.17, 15) is 13.2 Å². The summed E-state index contributed by atoms with van der Waals surface area (Å²) in [5.74, 6) is 0. The molecule has 0 fully saturated rings. The minimum atomic E-state index is -4.37. The third kappa shape index (κ3) is 2.75. The van der Waals surface area contributed by atoms with Gasteiger partial charge in [0.2, 0.25) is 0 Å². The van der Waals surface area contributed by atoms with Crippen LogP contribution in [-0.2, 0) is 12.6 Å². The van der Waals surface area contributed by atoms with Gasteiger partial charge in [0.1, 0.15) is 0 Å². The molecule has 0 saturated heterocycles. The first-order valence-electron chi connectivity index (χ1n) is 5.42. The minimum Gasteiger partial charge on any atom is -0.261 e. The van der Waals surface area contributed by atoms with E-state index in [4.69, 9.17) is 0 Å². The number of nitrogens with one attached hydrogen (secondary N) is 1. The Labute approximate surface area is 97.1 Å². The van der Waals surface area contributed by atoms with Gasteiger partial charge < -0.3 is 0 Å². The van der Waals surface area contributed by atoms with Crippen LogP contribution < -0.4 is 0 Å². The van der Waals surface area contributed by atoms with E-state index < -0.39 is 11.7 Å². The quantitative estimate of drug-likeness (QED) is 0.834. The van der Waals surface area contributed by atoms with Crippen molar-refractivity contribution >= 4 is 11.0 Å². The number of fused-ring (bicyclic) bond motifs is 1. The molecule has 0 unspecified atom stereocenters. The van der Waals surface area contributed by atoms with Crippen LogP contribution in [0.2, 0.25) is 0 Å². The fourth-order valence-corrected chi connectivity index (χ4v) is 1.40. The molecule has 0 aliphatic rings. The summed E-state index contributed by atoms with van der Waals surface area (Å²) in [5, 5.41) is 6.02. The molecule has 94 valence electrons. The van der Waals surface area contributed by atoms with Crippen LogP contribution in [0.15, 0.2) is 12.3 Å². The van der Waals surface area contributed by atoms with Crippen LogP contribution >= 0.6 is 0 Å². The lowest BCUT2D eigenvalue weighted by Gasteiger charge is -2.08. The Morgan fingerprint density at radius 1 is 1.29 bits per heavy atom. The van der Waals surface area contributed by atoms with Crippen LogP contribution in [0.1, 0.15) is 32.0 Å². The maximum absolute atomic E-state index is 12.6. The molecule has 0 aliphatic heterocycles. The number of rotatable bonds is 1. The summed E-state index contributed by atoms with van der Waals surface area (Å²) < 4.78 is 37.9. The van der Waals surface area contributed by atoms with Crippen molar-refractivity contribution in [3.05, 3.63) is 23.5 Å². The smallest absolute Gasteiger partial charge is 0.261 e. The Balaban J connectivity index is 0.000000686. The summed E-state index contributed by atoms with van der Waals surface area (Å²) in [7, 11) is 0. The molecule has 2 aromatic rings. The fraction of sp³-hybridized carbons (Fsp3) is 0.455. The second-order valence-corrected chi connectivity index (χ2v) is 3.14. The molecule has 17 heavy (non-hydrogen) atoms. The van der Waals surface area contributed by atoms with Crippen molar-refractivity contribution in [1.29, 1.82) is 0 Å². The van der Waals surface area contributed by atoms with E-state index in [1.165, 1.54) is 0 Å².